The molecular formula is C6H15N3O2. The van der Waals surface area contributed by atoms with Crippen molar-refractivity contribution < 1.29 is 10.0 Å². The van der Waals surface area contributed by atoms with E-state index in [4.69, 9.17) is 4.84 Å². The molecule has 1 atom stereocenters. The summed E-state index contributed by atoms with van der Waals surface area (Å²) in [5, 5.41) is 13.8. The van der Waals surface area contributed by atoms with Crippen LogP contribution in [0.25, 0.3) is 0 Å². The van der Waals surface area contributed by atoms with Gasteiger partial charge in [0.2, 0.25) is 0 Å². The van der Waals surface area contributed by atoms with Crippen LogP contribution in [0.4, 0.5) is 0 Å². The van der Waals surface area contributed by atoms with Gasteiger partial charge in [-0.3, -0.25) is 5.17 Å². The van der Waals surface area contributed by atoms with Crippen molar-refractivity contribution in [1.82, 2.24) is 5.43 Å². The van der Waals surface area contributed by atoms with Crippen LogP contribution in [0.15, 0.2) is 5.16 Å². The molecule has 11 heavy (non-hydrogen) atoms. The van der Waals surface area contributed by atoms with Gasteiger partial charge in [0.15, 0.2) is 0 Å². The Morgan fingerprint density at radius 2 is 2.27 bits per heavy atom. The van der Waals surface area contributed by atoms with Crippen LogP contribution in [0.5, 0.6) is 0 Å². The van der Waals surface area contributed by atoms with Gasteiger partial charge in [0, 0.05) is 6.72 Å². The summed E-state index contributed by atoms with van der Waals surface area (Å²) in [5.74, 6) is 0. The molecule has 0 spiro atoms. The van der Waals surface area contributed by atoms with E-state index < -0.39 is 0 Å². The number of quaternary nitrogens is 1. The lowest BCUT2D eigenvalue weighted by Gasteiger charge is -2.29. The van der Waals surface area contributed by atoms with Crippen molar-refractivity contribution in [2.45, 2.75) is 19.4 Å². The van der Waals surface area contributed by atoms with E-state index >= 15 is 0 Å². The van der Waals surface area contributed by atoms with E-state index in [0.29, 0.717) is 6.61 Å². The monoisotopic (exact) mass is 161 g/mol. The van der Waals surface area contributed by atoms with E-state index in [1.165, 1.54) is 7.05 Å². The number of nitrogens with zero attached hydrogens (tertiary/aromatic N) is 1. The maximum absolute atomic E-state index is 10.6. The Morgan fingerprint density at radius 3 is 2.64 bits per heavy atom. The molecule has 0 amide bonds. The van der Waals surface area contributed by atoms with Crippen molar-refractivity contribution in [2.75, 3.05) is 13.7 Å². The SMILES string of the molecule is C=NOCC(C)(C)N[NH+](C)[O-]. The van der Waals surface area contributed by atoms with Crippen molar-refractivity contribution in [3.8, 4) is 0 Å². The van der Waals surface area contributed by atoms with Crippen LogP contribution in [-0.2, 0) is 4.84 Å². The zero-order valence-corrected chi connectivity index (χ0v) is 7.18. The van der Waals surface area contributed by atoms with Gasteiger partial charge in [-0.2, -0.15) is 5.43 Å². The fraction of sp³-hybridized carbons (Fsp3) is 0.833. The van der Waals surface area contributed by atoms with Crippen molar-refractivity contribution >= 4 is 6.72 Å². The third kappa shape index (κ3) is 5.78. The van der Waals surface area contributed by atoms with Gasteiger partial charge in [0.05, 0.1) is 12.6 Å². The fourth-order valence-electron chi connectivity index (χ4n) is 0.720. The predicted octanol–water partition coefficient (Wildman–Crippen LogP) is -1.09. The highest BCUT2D eigenvalue weighted by Gasteiger charge is 2.20. The lowest BCUT2D eigenvalue weighted by molar-refractivity contribution is -0.882. The Hall–Kier alpha value is -0.650. The Kier molecular flexibility index (Phi) is 4.02. The van der Waals surface area contributed by atoms with Gasteiger partial charge in [0.25, 0.3) is 0 Å². The first-order valence-electron chi connectivity index (χ1n) is 3.35. The summed E-state index contributed by atoms with van der Waals surface area (Å²) in [4.78, 5) is 4.70. The molecule has 0 rings (SSSR count). The molecule has 0 aromatic rings. The molecule has 0 bridgehead atoms. The van der Waals surface area contributed by atoms with Crippen LogP contribution in [0, 0.1) is 5.21 Å². The third-order valence-electron chi connectivity index (χ3n) is 1.03. The summed E-state index contributed by atoms with van der Waals surface area (Å²) >= 11 is 0. The molecule has 0 aromatic heterocycles. The van der Waals surface area contributed by atoms with E-state index in [-0.39, 0.29) is 10.7 Å². The molecule has 0 heterocycles. The second kappa shape index (κ2) is 4.27. The van der Waals surface area contributed by atoms with Gasteiger partial charge in [0.1, 0.15) is 6.61 Å². The summed E-state index contributed by atoms with van der Waals surface area (Å²) in [5.41, 5.74) is 2.32. The first kappa shape index (κ1) is 10.3. The number of hydrogen-bond acceptors (Lipinski definition) is 4. The Labute approximate surface area is 66.6 Å². The molecule has 2 N–H and O–H groups in total. The van der Waals surface area contributed by atoms with Crippen molar-refractivity contribution in [1.29, 1.82) is 0 Å². The number of oxime groups is 1. The van der Waals surface area contributed by atoms with E-state index in [2.05, 4.69) is 17.3 Å². The molecule has 0 saturated heterocycles. The van der Waals surface area contributed by atoms with E-state index in [1.807, 2.05) is 13.8 Å². The summed E-state index contributed by atoms with van der Waals surface area (Å²) in [6.07, 6.45) is 0. The normalized spacial score (nSPS) is 14.2. The van der Waals surface area contributed by atoms with Crippen LogP contribution in [0.2, 0.25) is 0 Å². The fourth-order valence-corrected chi connectivity index (χ4v) is 0.720. The van der Waals surface area contributed by atoms with Gasteiger partial charge < -0.3 is 10.0 Å². The molecule has 0 aliphatic rings. The number of hydroxylamine groups is 1. The highest BCUT2D eigenvalue weighted by atomic mass is 16.6. The van der Waals surface area contributed by atoms with Gasteiger partial charge >= 0.3 is 0 Å². The minimum absolute atomic E-state index is 0.0809. The number of hydrogen-bond donors (Lipinski definition) is 2. The largest absolute Gasteiger partial charge is 0.613 e. The third-order valence-corrected chi connectivity index (χ3v) is 1.03. The van der Waals surface area contributed by atoms with Gasteiger partial charge in [-0.05, 0) is 13.8 Å². The van der Waals surface area contributed by atoms with Gasteiger partial charge in [-0.15, -0.1) is 5.16 Å². The van der Waals surface area contributed by atoms with E-state index in [1.54, 1.807) is 0 Å². The van der Waals surface area contributed by atoms with Crippen molar-refractivity contribution in [2.24, 2.45) is 5.16 Å². The van der Waals surface area contributed by atoms with Crippen LogP contribution >= 0.6 is 0 Å². The van der Waals surface area contributed by atoms with E-state index in [0.717, 1.165) is 0 Å². The Bertz CT molecular complexity index is 125. The Morgan fingerprint density at radius 1 is 1.73 bits per heavy atom. The molecule has 5 nitrogen and oxygen atoms in total. The maximum Gasteiger partial charge on any atom is 0.139 e. The van der Waals surface area contributed by atoms with E-state index in [9.17, 15) is 5.21 Å². The predicted molar refractivity (Wildman–Crippen MR) is 43.0 cm³/mol. The van der Waals surface area contributed by atoms with Crippen LogP contribution in [0.1, 0.15) is 13.8 Å². The number of rotatable bonds is 5. The topological polar surface area (TPSA) is 61.1 Å². The molecule has 0 aliphatic heterocycles. The summed E-state index contributed by atoms with van der Waals surface area (Å²) in [7, 11) is 1.46. The minimum atomic E-state index is -0.382. The molecule has 0 saturated carbocycles. The Balaban J connectivity index is 3.69. The summed E-state index contributed by atoms with van der Waals surface area (Å²) in [6.45, 7) is 7.18. The summed E-state index contributed by atoms with van der Waals surface area (Å²) in [6, 6.07) is 0. The van der Waals surface area contributed by atoms with Crippen LogP contribution in [-0.4, -0.2) is 25.9 Å². The molecule has 0 aliphatic carbocycles. The first-order chi connectivity index (χ1) is 4.98. The molecule has 66 valence electrons. The average Bonchev–Trinajstić information content (AvgIpc) is 1.81. The quantitative estimate of drug-likeness (QED) is 0.398. The second-order valence-electron chi connectivity index (χ2n) is 2.97. The second-order valence-corrected chi connectivity index (χ2v) is 2.97. The molecule has 5 heteroatoms. The number of nitrogens with one attached hydrogen (secondary N) is 2. The van der Waals surface area contributed by atoms with Gasteiger partial charge in [-0.25, -0.2) is 0 Å². The zero-order chi connectivity index (χ0) is 8.91. The highest BCUT2D eigenvalue weighted by Crippen LogP contribution is 1.99. The summed E-state index contributed by atoms with van der Waals surface area (Å²) < 4.78 is 0. The van der Waals surface area contributed by atoms with Crippen molar-refractivity contribution in [3.63, 3.8) is 0 Å². The highest BCUT2D eigenvalue weighted by molar-refractivity contribution is 5.21. The zero-order valence-electron chi connectivity index (χ0n) is 7.18. The average molecular weight is 161 g/mol. The van der Waals surface area contributed by atoms with Crippen LogP contribution in [0.3, 0.4) is 0 Å². The molecule has 0 fully saturated rings. The van der Waals surface area contributed by atoms with Crippen molar-refractivity contribution in [3.05, 3.63) is 5.21 Å². The van der Waals surface area contributed by atoms with Gasteiger partial charge in [-0.1, -0.05) is 0 Å². The first-order valence-corrected chi connectivity index (χ1v) is 3.35. The lowest BCUT2D eigenvalue weighted by atomic mass is 10.1. The van der Waals surface area contributed by atoms with Crippen LogP contribution < -0.4 is 10.6 Å². The smallest absolute Gasteiger partial charge is 0.139 e. The molecule has 1 unspecified atom stereocenters. The maximum atomic E-state index is 10.6. The standard InChI is InChI=1S/C6H15N3O2/c1-6(2,5-11-7-3)8-9(4)10/h8-9H,3,5H2,1-2,4H3. The molecule has 0 aromatic carbocycles. The lowest BCUT2D eigenvalue weighted by Crippen LogP contribution is -3.13. The molecular weight excluding hydrogens is 146 g/mol. The minimum Gasteiger partial charge on any atom is -0.613 e. The molecule has 0 radical (unpaired) electrons.